The molecule has 8 heteroatoms. The molecule has 0 aromatic heterocycles. The molecular formula is C21H25N3O4S. The average molecular weight is 416 g/mol. The zero-order valence-corrected chi connectivity index (χ0v) is 17.2. The van der Waals surface area contributed by atoms with Gasteiger partial charge in [0.1, 0.15) is 0 Å². The summed E-state index contributed by atoms with van der Waals surface area (Å²) < 4.78 is 25.5. The first-order chi connectivity index (χ1) is 13.9. The second kappa shape index (κ2) is 9.09. The van der Waals surface area contributed by atoms with Crippen molar-refractivity contribution in [2.45, 2.75) is 32.7 Å². The van der Waals surface area contributed by atoms with Gasteiger partial charge in [0.05, 0.1) is 11.4 Å². The van der Waals surface area contributed by atoms with Crippen molar-refractivity contribution in [3.63, 3.8) is 0 Å². The van der Waals surface area contributed by atoms with E-state index in [0.717, 1.165) is 17.7 Å². The van der Waals surface area contributed by atoms with E-state index in [1.54, 1.807) is 36.4 Å². The maximum absolute atomic E-state index is 12.5. The lowest BCUT2D eigenvalue weighted by atomic mass is 10.1. The summed E-state index contributed by atoms with van der Waals surface area (Å²) >= 11 is 0. The molecular weight excluding hydrogens is 390 g/mol. The Hall–Kier alpha value is -2.87. The summed E-state index contributed by atoms with van der Waals surface area (Å²) in [6, 6.07) is 13.9. The monoisotopic (exact) mass is 415 g/mol. The molecule has 29 heavy (non-hydrogen) atoms. The number of sulfonamides is 1. The van der Waals surface area contributed by atoms with Crippen molar-refractivity contribution >= 4 is 33.2 Å². The van der Waals surface area contributed by atoms with Crippen LogP contribution >= 0.6 is 0 Å². The maximum atomic E-state index is 12.5. The fourth-order valence-electron chi connectivity index (χ4n) is 3.17. The molecule has 2 amide bonds. The van der Waals surface area contributed by atoms with Crippen LogP contribution in [-0.4, -0.2) is 32.5 Å². The van der Waals surface area contributed by atoms with Crippen molar-refractivity contribution in [2.24, 2.45) is 0 Å². The third kappa shape index (κ3) is 5.35. The quantitative estimate of drug-likeness (QED) is 0.727. The Bertz CT molecular complexity index is 987. The second-order valence-electron chi connectivity index (χ2n) is 6.97. The van der Waals surface area contributed by atoms with Gasteiger partial charge in [-0.2, -0.15) is 0 Å². The topological polar surface area (TPSA) is 95.6 Å². The molecule has 0 saturated carbocycles. The number of nitrogens with one attached hydrogen (secondary N) is 2. The van der Waals surface area contributed by atoms with Gasteiger partial charge in [-0.05, 0) is 48.7 Å². The number of hydrogen-bond acceptors (Lipinski definition) is 4. The third-order valence-corrected chi connectivity index (χ3v) is 6.53. The molecule has 0 radical (unpaired) electrons. The summed E-state index contributed by atoms with van der Waals surface area (Å²) in [6.07, 6.45) is 1.87. The molecule has 2 N–H and O–H groups in total. The Morgan fingerprint density at radius 2 is 1.86 bits per heavy atom. The standard InChI is InChI=1S/C21H25N3O4S/c1-2-5-20(25)23-18-10-8-16(9-11-18)15-22-21(26)17-6-3-7-19(14-17)24-12-4-13-29(24,27)28/h3,6-11,14H,2,4-5,12-13,15H2,1H3,(H,22,26)(H,23,25). The van der Waals surface area contributed by atoms with Crippen LogP contribution in [0.2, 0.25) is 0 Å². The molecule has 1 fully saturated rings. The lowest BCUT2D eigenvalue weighted by molar-refractivity contribution is -0.116. The average Bonchev–Trinajstić information content (AvgIpc) is 3.06. The first-order valence-electron chi connectivity index (χ1n) is 9.66. The molecule has 0 atom stereocenters. The normalized spacial score (nSPS) is 15.1. The van der Waals surface area contributed by atoms with Crippen LogP contribution in [0.25, 0.3) is 0 Å². The fourth-order valence-corrected chi connectivity index (χ4v) is 4.73. The second-order valence-corrected chi connectivity index (χ2v) is 8.98. The Labute approximate surface area is 171 Å². The third-order valence-electron chi connectivity index (χ3n) is 4.66. The van der Waals surface area contributed by atoms with Crippen molar-refractivity contribution in [3.05, 3.63) is 59.7 Å². The number of benzene rings is 2. The van der Waals surface area contributed by atoms with E-state index in [2.05, 4.69) is 10.6 Å². The highest BCUT2D eigenvalue weighted by Gasteiger charge is 2.28. The molecule has 1 heterocycles. The molecule has 1 aliphatic heterocycles. The molecule has 0 spiro atoms. The van der Waals surface area contributed by atoms with E-state index in [1.807, 2.05) is 19.1 Å². The van der Waals surface area contributed by atoms with E-state index in [0.29, 0.717) is 37.2 Å². The molecule has 0 bridgehead atoms. The Morgan fingerprint density at radius 3 is 2.52 bits per heavy atom. The van der Waals surface area contributed by atoms with Crippen molar-refractivity contribution in [2.75, 3.05) is 21.9 Å². The summed E-state index contributed by atoms with van der Waals surface area (Å²) in [6.45, 7) is 2.72. The molecule has 154 valence electrons. The minimum Gasteiger partial charge on any atom is -0.348 e. The van der Waals surface area contributed by atoms with Crippen LogP contribution in [0.1, 0.15) is 42.1 Å². The number of rotatable bonds is 7. The summed E-state index contributed by atoms with van der Waals surface area (Å²) in [5.41, 5.74) is 2.54. The Morgan fingerprint density at radius 1 is 1.10 bits per heavy atom. The molecule has 2 aromatic carbocycles. The van der Waals surface area contributed by atoms with E-state index in [1.165, 1.54) is 4.31 Å². The van der Waals surface area contributed by atoms with Crippen molar-refractivity contribution in [1.82, 2.24) is 5.32 Å². The molecule has 7 nitrogen and oxygen atoms in total. The predicted octanol–water partition coefficient (Wildman–Crippen LogP) is 2.90. The molecule has 0 unspecified atom stereocenters. The predicted molar refractivity (Wildman–Crippen MR) is 113 cm³/mol. The Kier molecular flexibility index (Phi) is 6.53. The zero-order valence-electron chi connectivity index (χ0n) is 16.3. The van der Waals surface area contributed by atoms with Crippen molar-refractivity contribution in [3.8, 4) is 0 Å². The highest BCUT2D eigenvalue weighted by atomic mass is 32.2. The van der Waals surface area contributed by atoms with Crippen LogP contribution in [-0.2, 0) is 21.4 Å². The van der Waals surface area contributed by atoms with Gasteiger partial charge in [-0.15, -0.1) is 0 Å². The summed E-state index contributed by atoms with van der Waals surface area (Å²) in [7, 11) is -3.28. The van der Waals surface area contributed by atoms with Gasteiger partial charge in [-0.25, -0.2) is 8.42 Å². The lowest BCUT2D eigenvalue weighted by Crippen LogP contribution is -2.26. The highest BCUT2D eigenvalue weighted by molar-refractivity contribution is 7.93. The van der Waals surface area contributed by atoms with Crippen LogP contribution in [0.4, 0.5) is 11.4 Å². The van der Waals surface area contributed by atoms with Gasteiger partial charge in [0.25, 0.3) is 5.91 Å². The van der Waals surface area contributed by atoms with E-state index in [4.69, 9.17) is 0 Å². The van der Waals surface area contributed by atoms with Crippen molar-refractivity contribution in [1.29, 1.82) is 0 Å². The van der Waals surface area contributed by atoms with Crippen LogP contribution in [0, 0.1) is 0 Å². The van der Waals surface area contributed by atoms with Gasteiger partial charge < -0.3 is 10.6 Å². The smallest absolute Gasteiger partial charge is 0.251 e. The van der Waals surface area contributed by atoms with Gasteiger partial charge in [-0.1, -0.05) is 25.1 Å². The van der Waals surface area contributed by atoms with Gasteiger partial charge in [0.2, 0.25) is 15.9 Å². The van der Waals surface area contributed by atoms with E-state index >= 15 is 0 Å². The number of hydrogen-bond donors (Lipinski definition) is 2. The van der Waals surface area contributed by atoms with Crippen LogP contribution < -0.4 is 14.9 Å². The molecule has 3 rings (SSSR count). The van der Waals surface area contributed by atoms with Crippen LogP contribution in [0.5, 0.6) is 0 Å². The summed E-state index contributed by atoms with van der Waals surface area (Å²) in [5, 5.41) is 5.66. The number of amides is 2. The zero-order chi connectivity index (χ0) is 20.9. The maximum Gasteiger partial charge on any atom is 0.251 e. The van der Waals surface area contributed by atoms with E-state index < -0.39 is 10.0 Å². The molecule has 2 aromatic rings. The van der Waals surface area contributed by atoms with Gasteiger partial charge in [0, 0.05) is 30.8 Å². The van der Waals surface area contributed by atoms with Gasteiger partial charge in [0.15, 0.2) is 0 Å². The summed E-state index contributed by atoms with van der Waals surface area (Å²) in [4.78, 5) is 24.1. The Balaban J connectivity index is 1.60. The van der Waals surface area contributed by atoms with Gasteiger partial charge in [-0.3, -0.25) is 13.9 Å². The number of anilines is 2. The van der Waals surface area contributed by atoms with Gasteiger partial charge >= 0.3 is 0 Å². The number of carbonyl (C=O) groups is 2. The fraction of sp³-hybridized carbons (Fsp3) is 0.333. The largest absolute Gasteiger partial charge is 0.348 e. The summed E-state index contributed by atoms with van der Waals surface area (Å²) in [5.74, 6) is -0.157. The van der Waals surface area contributed by atoms with E-state index in [-0.39, 0.29) is 17.6 Å². The molecule has 0 aliphatic carbocycles. The SMILES string of the molecule is CCCC(=O)Nc1ccc(CNC(=O)c2cccc(N3CCCS3(=O)=O)c2)cc1. The first-order valence-corrected chi connectivity index (χ1v) is 11.3. The number of carbonyl (C=O) groups excluding carboxylic acids is 2. The molecule has 1 aliphatic rings. The van der Waals surface area contributed by atoms with E-state index in [9.17, 15) is 18.0 Å². The van der Waals surface area contributed by atoms with Crippen molar-refractivity contribution < 1.29 is 18.0 Å². The molecule has 1 saturated heterocycles. The van der Waals surface area contributed by atoms with Crippen LogP contribution in [0.15, 0.2) is 48.5 Å². The first kappa shape index (κ1) is 20.9. The number of nitrogens with zero attached hydrogens (tertiary/aromatic N) is 1. The highest BCUT2D eigenvalue weighted by Crippen LogP contribution is 2.24. The lowest BCUT2D eigenvalue weighted by Gasteiger charge is -2.17. The minimum absolute atomic E-state index is 0.0200. The minimum atomic E-state index is -3.28. The van der Waals surface area contributed by atoms with Crippen LogP contribution in [0.3, 0.4) is 0 Å².